The molecule has 0 atom stereocenters. The number of pyridine rings is 2. The van der Waals surface area contributed by atoms with Crippen LogP contribution in [-0.2, 0) is 31.0 Å². The van der Waals surface area contributed by atoms with Gasteiger partial charge in [0, 0.05) is 47.7 Å². The van der Waals surface area contributed by atoms with E-state index in [1.54, 1.807) is 12.4 Å². The summed E-state index contributed by atoms with van der Waals surface area (Å²) in [7, 11) is 2.08. The molecule has 7 heteroatoms. The van der Waals surface area contributed by atoms with Crippen LogP contribution < -0.4 is 9.13 Å². The molecule has 7 nitrogen and oxygen atoms in total. The molecule has 53 heavy (non-hydrogen) atoms. The SMILES string of the molecule is CCCCc1cccc2oc3c(-c4ccc5nccnc5[n+]4C)c(C=CC(CC)(CC)[n+]4ccccc4-c4cc(C(C)(C)C)nn4CCC)ccc3c12. The molecule has 0 aliphatic heterocycles. The highest BCUT2D eigenvalue weighted by Crippen LogP contribution is 2.40. The standard InChI is InChI=1S/C46H54N6O/c1-9-13-17-32-18-16-20-39-41(32)34-22-21-33(42(43(34)53-39)37-24-23-35-44(50(37)8)48-28-27-47-35)25-26-46(11-3,12-4)51-30-15-14-19-36(51)38-31-40(45(5,6)7)49-52(38)29-10-2/h14-16,18-28,30-31H,9-13,17,29H2,1-8H3/q+2. The number of nitrogens with zero attached hydrogens (tertiary/aromatic N) is 6. The fraction of sp³-hybridized carbons (Fsp3) is 0.370. The van der Waals surface area contributed by atoms with E-state index in [0.29, 0.717) is 0 Å². The average Bonchev–Trinajstić information content (AvgIpc) is 3.78. The lowest BCUT2D eigenvalue weighted by molar-refractivity contribution is -0.744. The molecule has 0 bridgehead atoms. The van der Waals surface area contributed by atoms with Crippen molar-refractivity contribution < 1.29 is 13.6 Å². The van der Waals surface area contributed by atoms with Crippen LogP contribution in [-0.4, -0.2) is 19.7 Å². The van der Waals surface area contributed by atoms with Crippen LogP contribution in [0.1, 0.15) is 97.4 Å². The number of benzene rings is 2. The molecule has 2 aromatic carbocycles. The molecular weight excluding hydrogens is 653 g/mol. The summed E-state index contributed by atoms with van der Waals surface area (Å²) in [4.78, 5) is 9.33. The first kappa shape index (κ1) is 36.2. The van der Waals surface area contributed by atoms with E-state index < -0.39 is 0 Å². The van der Waals surface area contributed by atoms with Crippen LogP contribution in [0.3, 0.4) is 0 Å². The zero-order valence-electron chi connectivity index (χ0n) is 32.8. The lowest BCUT2D eigenvalue weighted by Crippen LogP contribution is -2.55. The van der Waals surface area contributed by atoms with Crippen molar-refractivity contribution in [3.63, 3.8) is 0 Å². The zero-order chi connectivity index (χ0) is 37.3. The Labute approximate surface area is 314 Å². The van der Waals surface area contributed by atoms with Gasteiger partial charge in [0.05, 0.1) is 24.5 Å². The molecule has 0 unspecified atom stereocenters. The average molecular weight is 707 g/mol. The predicted octanol–water partition coefficient (Wildman–Crippen LogP) is 10.5. The molecule has 0 aliphatic carbocycles. The molecular formula is C46H54N6O+2. The summed E-state index contributed by atoms with van der Waals surface area (Å²) in [5.74, 6) is 0. The van der Waals surface area contributed by atoms with Gasteiger partial charge in [-0.3, -0.25) is 4.68 Å². The number of unbranched alkanes of at least 4 members (excludes halogenated alkanes) is 1. The highest BCUT2D eigenvalue weighted by atomic mass is 16.3. The second-order valence-corrected chi connectivity index (χ2v) is 15.4. The fourth-order valence-electron chi connectivity index (χ4n) is 7.87. The van der Waals surface area contributed by atoms with Crippen LogP contribution in [0.25, 0.3) is 61.8 Å². The van der Waals surface area contributed by atoms with Crippen LogP contribution in [0.2, 0.25) is 0 Å². The van der Waals surface area contributed by atoms with Crippen LogP contribution in [0.4, 0.5) is 0 Å². The van der Waals surface area contributed by atoms with Gasteiger partial charge in [-0.25, -0.2) is 9.55 Å². The Morgan fingerprint density at radius 1 is 0.849 bits per heavy atom. The molecule has 5 heterocycles. The van der Waals surface area contributed by atoms with Crippen molar-refractivity contribution in [1.82, 2.24) is 19.7 Å². The van der Waals surface area contributed by atoms with Crippen molar-refractivity contribution >= 4 is 39.2 Å². The molecule has 272 valence electrons. The smallest absolute Gasteiger partial charge is 0.349 e. The van der Waals surface area contributed by atoms with Gasteiger partial charge in [0.15, 0.2) is 23.4 Å². The summed E-state index contributed by atoms with van der Waals surface area (Å²) in [6.07, 6.45) is 16.7. The quantitative estimate of drug-likeness (QED) is 0.119. The number of hydrogen-bond donors (Lipinski definition) is 0. The minimum atomic E-state index is -0.301. The Hall–Kier alpha value is -5.17. The second kappa shape index (κ2) is 14.7. The zero-order valence-corrected chi connectivity index (χ0v) is 32.8. The van der Waals surface area contributed by atoms with Gasteiger partial charge < -0.3 is 4.42 Å². The van der Waals surface area contributed by atoms with Gasteiger partial charge in [-0.2, -0.15) is 9.67 Å². The van der Waals surface area contributed by atoms with Gasteiger partial charge in [-0.1, -0.05) is 79.2 Å². The van der Waals surface area contributed by atoms with Gasteiger partial charge in [-0.05, 0) is 77.8 Å². The number of aryl methyl sites for hydroxylation is 3. The summed E-state index contributed by atoms with van der Waals surface area (Å²) in [6, 6.07) is 24.1. The van der Waals surface area contributed by atoms with Crippen molar-refractivity contribution in [2.75, 3.05) is 0 Å². The Balaban J connectivity index is 1.45. The Bertz CT molecular complexity index is 2440. The van der Waals surface area contributed by atoms with Gasteiger partial charge >= 0.3 is 5.65 Å². The van der Waals surface area contributed by atoms with Crippen LogP contribution in [0.5, 0.6) is 0 Å². The van der Waals surface area contributed by atoms with Crippen LogP contribution in [0, 0.1) is 0 Å². The summed E-state index contributed by atoms with van der Waals surface area (Å²) in [6.45, 7) is 16.7. The third-order valence-electron chi connectivity index (χ3n) is 11.0. The number of aromatic nitrogens is 6. The van der Waals surface area contributed by atoms with Gasteiger partial charge in [-0.15, -0.1) is 0 Å². The normalized spacial score (nSPS) is 12.6. The Morgan fingerprint density at radius 2 is 1.66 bits per heavy atom. The van der Waals surface area contributed by atoms with E-state index in [9.17, 15) is 0 Å². The summed E-state index contributed by atoms with van der Waals surface area (Å²) in [5.41, 5.74) is 11.1. The molecule has 0 saturated carbocycles. The molecule has 7 rings (SSSR count). The van der Waals surface area contributed by atoms with Crippen molar-refractivity contribution in [1.29, 1.82) is 0 Å². The topological polar surface area (TPSA) is 64.5 Å². The number of fused-ring (bicyclic) bond motifs is 4. The molecule has 0 amide bonds. The minimum Gasteiger partial charge on any atom is -0.455 e. The third-order valence-corrected chi connectivity index (χ3v) is 11.0. The van der Waals surface area contributed by atoms with Crippen molar-refractivity contribution in [2.24, 2.45) is 7.05 Å². The van der Waals surface area contributed by atoms with E-state index in [1.807, 2.05) is 0 Å². The molecule has 0 fully saturated rings. The summed E-state index contributed by atoms with van der Waals surface area (Å²) >= 11 is 0. The summed E-state index contributed by atoms with van der Waals surface area (Å²) in [5, 5.41) is 7.49. The lowest BCUT2D eigenvalue weighted by atomic mass is 9.88. The number of rotatable bonds is 12. The number of allylic oxidation sites excluding steroid dienone is 1. The van der Waals surface area contributed by atoms with E-state index >= 15 is 0 Å². The maximum Gasteiger partial charge on any atom is 0.349 e. The van der Waals surface area contributed by atoms with Crippen LogP contribution >= 0.6 is 0 Å². The largest absolute Gasteiger partial charge is 0.455 e. The monoisotopic (exact) mass is 706 g/mol. The number of furan rings is 1. The molecule has 0 spiro atoms. The Morgan fingerprint density at radius 3 is 2.42 bits per heavy atom. The maximum absolute atomic E-state index is 6.88. The van der Waals surface area contributed by atoms with Gasteiger partial charge in [0.25, 0.3) is 0 Å². The fourth-order valence-corrected chi connectivity index (χ4v) is 7.87. The highest BCUT2D eigenvalue weighted by Gasteiger charge is 2.37. The summed E-state index contributed by atoms with van der Waals surface area (Å²) < 4.78 is 13.7. The van der Waals surface area contributed by atoms with Crippen molar-refractivity contribution in [3.8, 4) is 22.6 Å². The first-order valence-corrected chi connectivity index (χ1v) is 19.5. The minimum absolute atomic E-state index is 0.0488. The first-order valence-electron chi connectivity index (χ1n) is 19.5. The van der Waals surface area contributed by atoms with E-state index in [2.05, 4.69) is 159 Å². The second-order valence-electron chi connectivity index (χ2n) is 15.4. The lowest BCUT2D eigenvalue weighted by Gasteiger charge is -2.25. The molecule has 0 N–H and O–H groups in total. The van der Waals surface area contributed by atoms with Crippen molar-refractivity contribution in [3.05, 3.63) is 108 Å². The molecule has 5 aromatic heterocycles. The van der Waals surface area contributed by atoms with Crippen molar-refractivity contribution in [2.45, 2.75) is 104 Å². The highest BCUT2D eigenvalue weighted by molar-refractivity contribution is 6.12. The predicted molar refractivity (Wildman–Crippen MR) is 216 cm³/mol. The molecule has 0 radical (unpaired) electrons. The van der Waals surface area contributed by atoms with E-state index in [0.717, 1.165) is 101 Å². The molecule has 0 aliphatic rings. The van der Waals surface area contributed by atoms with Gasteiger partial charge in [0.2, 0.25) is 5.69 Å². The maximum atomic E-state index is 6.88. The van der Waals surface area contributed by atoms with E-state index in [1.165, 1.54) is 16.6 Å². The molecule has 0 saturated heterocycles. The first-order chi connectivity index (χ1) is 25.6. The van der Waals surface area contributed by atoms with Gasteiger partial charge in [0.1, 0.15) is 22.6 Å². The van der Waals surface area contributed by atoms with Crippen LogP contribution in [0.15, 0.2) is 95.8 Å². The van der Waals surface area contributed by atoms with E-state index in [-0.39, 0.29) is 11.0 Å². The third kappa shape index (κ3) is 6.55. The number of hydrogen-bond acceptors (Lipinski definition) is 4. The molecule has 7 aromatic rings. The Kier molecular flexibility index (Phi) is 10.0. The van der Waals surface area contributed by atoms with E-state index in [4.69, 9.17) is 14.5 Å².